The van der Waals surface area contributed by atoms with Gasteiger partial charge in [0.1, 0.15) is 0 Å². The molecule has 15 heavy (non-hydrogen) atoms. The van der Waals surface area contributed by atoms with Gasteiger partial charge in [0, 0.05) is 5.92 Å². The highest BCUT2D eigenvalue weighted by atomic mass is 16.4. The van der Waals surface area contributed by atoms with Crippen LogP contribution in [0.5, 0.6) is 0 Å². The summed E-state index contributed by atoms with van der Waals surface area (Å²) < 4.78 is 1.62. The molecule has 1 N–H and O–H groups in total. The normalized spacial score (nSPS) is 13.1. The Kier molecular flexibility index (Phi) is 3.76. The van der Waals surface area contributed by atoms with Crippen molar-refractivity contribution in [3.8, 4) is 0 Å². The first-order valence-corrected chi connectivity index (χ1v) is 5.05. The monoisotopic (exact) mass is 212 g/mol. The lowest BCUT2D eigenvalue weighted by atomic mass is 10.1. The number of carboxylic acids is 1. The Morgan fingerprint density at radius 2 is 2.20 bits per heavy atom. The van der Waals surface area contributed by atoms with Crippen molar-refractivity contribution >= 4 is 5.97 Å². The molecule has 1 rings (SSSR count). The predicted octanol–water partition coefficient (Wildman–Crippen LogP) is 1.22. The third-order valence-electron chi connectivity index (χ3n) is 2.26. The van der Waals surface area contributed by atoms with Crippen molar-refractivity contribution in [3.05, 3.63) is 5.82 Å². The minimum absolute atomic E-state index is 0.0568. The zero-order valence-electron chi connectivity index (χ0n) is 9.21. The van der Waals surface area contributed by atoms with Gasteiger partial charge in [-0.2, -0.15) is 0 Å². The van der Waals surface area contributed by atoms with Crippen LogP contribution in [-0.2, 0) is 4.79 Å². The fourth-order valence-corrected chi connectivity index (χ4v) is 1.45. The molecule has 0 aliphatic carbocycles. The van der Waals surface area contributed by atoms with Gasteiger partial charge in [0.2, 0.25) is 0 Å². The van der Waals surface area contributed by atoms with Crippen LogP contribution >= 0.6 is 0 Å². The molecule has 0 radical (unpaired) electrons. The summed E-state index contributed by atoms with van der Waals surface area (Å²) in [6.45, 7) is 5.89. The summed E-state index contributed by atoms with van der Waals surface area (Å²) in [5.74, 6) is 0.109. The fraction of sp³-hybridized carbons (Fsp3) is 0.778. The highest BCUT2D eigenvalue weighted by Gasteiger charge is 2.19. The molecule has 0 bridgehead atoms. The minimum atomic E-state index is -0.827. The van der Waals surface area contributed by atoms with Crippen molar-refractivity contribution in [1.82, 2.24) is 20.2 Å². The average Bonchev–Trinajstić information content (AvgIpc) is 2.62. The van der Waals surface area contributed by atoms with E-state index in [1.807, 2.05) is 20.8 Å². The highest BCUT2D eigenvalue weighted by Crippen LogP contribution is 2.19. The van der Waals surface area contributed by atoms with E-state index in [2.05, 4.69) is 15.5 Å². The van der Waals surface area contributed by atoms with E-state index in [0.717, 1.165) is 5.82 Å². The molecule has 84 valence electrons. The van der Waals surface area contributed by atoms with E-state index in [1.165, 1.54) is 0 Å². The van der Waals surface area contributed by atoms with Crippen molar-refractivity contribution in [2.45, 2.75) is 45.6 Å². The first-order chi connectivity index (χ1) is 7.06. The number of nitrogens with zero attached hydrogens (tertiary/aromatic N) is 4. The van der Waals surface area contributed by atoms with E-state index >= 15 is 0 Å². The molecule has 0 spiro atoms. The second-order valence-corrected chi connectivity index (χ2v) is 3.80. The van der Waals surface area contributed by atoms with Gasteiger partial charge < -0.3 is 5.11 Å². The molecule has 1 aromatic heterocycles. The SMILES string of the molecule is CCC(CC(=O)O)n1nnnc1C(C)C. The van der Waals surface area contributed by atoms with Crippen LogP contribution in [0.2, 0.25) is 0 Å². The number of aliphatic carboxylic acids is 1. The molecule has 1 heterocycles. The van der Waals surface area contributed by atoms with Crippen LogP contribution in [0.15, 0.2) is 0 Å². The molecule has 1 unspecified atom stereocenters. The maximum atomic E-state index is 10.7. The first-order valence-electron chi connectivity index (χ1n) is 5.05. The van der Waals surface area contributed by atoms with Gasteiger partial charge in [-0.05, 0) is 16.8 Å². The zero-order chi connectivity index (χ0) is 11.4. The zero-order valence-corrected chi connectivity index (χ0v) is 9.21. The Bertz CT molecular complexity index is 335. The van der Waals surface area contributed by atoms with Gasteiger partial charge in [-0.15, -0.1) is 5.10 Å². The standard InChI is InChI=1S/C9H16N4O2/c1-4-7(5-8(14)15)13-9(6(2)3)10-11-12-13/h6-7H,4-5H2,1-3H3,(H,14,15). The van der Waals surface area contributed by atoms with Crippen LogP contribution in [0.3, 0.4) is 0 Å². The molecule has 0 aliphatic heterocycles. The lowest BCUT2D eigenvalue weighted by Gasteiger charge is -2.15. The summed E-state index contributed by atoms with van der Waals surface area (Å²) >= 11 is 0. The predicted molar refractivity (Wildman–Crippen MR) is 53.5 cm³/mol. The van der Waals surface area contributed by atoms with E-state index in [0.29, 0.717) is 6.42 Å². The number of hydrogen-bond acceptors (Lipinski definition) is 4. The average molecular weight is 212 g/mol. The van der Waals surface area contributed by atoms with Crippen molar-refractivity contribution in [2.75, 3.05) is 0 Å². The summed E-state index contributed by atoms with van der Waals surface area (Å²) in [4.78, 5) is 10.7. The van der Waals surface area contributed by atoms with E-state index in [9.17, 15) is 4.79 Å². The number of tetrazole rings is 1. The Balaban J connectivity index is 2.91. The van der Waals surface area contributed by atoms with Gasteiger partial charge in [-0.3, -0.25) is 4.79 Å². The molecule has 6 nitrogen and oxygen atoms in total. The van der Waals surface area contributed by atoms with E-state index in [-0.39, 0.29) is 18.4 Å². The molecule has 1 atom stereocenters. The topological polar surface area (TPSA) is 80.9 Å². The Morgan fingerprint density at radius 3 is 2.67 bits per heavy atom. The van der Waals surface area contributed by atoms with E-state index < -0.39 is 5.97 Å². The Morgan fingerprint density at radius 1 is 1.53 bits per heavy atom. The summed E-state index contributed by atoms with van der Waals surface area (Å²) in [5, 5.41) is 20.1. The second-order valence-electron chi connectivity index (χ2n) is 3.80. The van der Waals surface area contributed by atoms with Gasteiger partial charge >= 0.3 is 5.97 Å². The third-order valence-corrected chi connectivity index (χ3v) is 2.26. The van der Waals surface area contributed by atoms with Crippen molar-refractivity contribution in [2.24, 2.45) is 0 Å². The highest BCUT2D eigenvalue weighted by molar-refractivity contribution is 5.67. The van der Waals surface area contributed by atoms with Crippen molar-refractivity contribution in [1.29, 1.82) is 0 Å². The molecular weight excluding hydrogens is 196 g/mol. The van der Waals surface area contributed by atoms with Crippen molar-refractivity contribution < 1.29 is 9.90 Å². The first kappa shape index (κ1) is 11.6. The second kappa shape index (κ2) is 4.86. The van der Waals surface area contributed by atoms with Crippen LogP contribution in [-0.4, -0.2) is 31.3 Å². The largest absolute Gasteiger partial charge is 0.481 e. The molecule has 0 fully saturated rings. The van der Waals surface area contributed by atoms with Gasteiger partial charge in [-0.25, -0.2) is 4.68 Å². The summed E-state index contributed by atoms with van der Waals surface area (Å²) in [5.41, 5.74) is 0. The Labute approximate surface area is 88.3 Å². The van der Waals surface area contributed by atoms with E-state index in [1.54, 1.807) is 4.68 Å². The van der Waals surface area contributed by atoms with Crippen LogP contribution in [0.25, 0.3) is 0 Å². The molecule has 1 aromatic rings. The fourth-order valence-electron chi connectivity index (χ4n) is 1.45. The van der Waals surface area contributed by atoms with Crippen LogP contribution in [0.4, 0.5) is 0 Å². The summed E-state index contributed by atoms with van der Waals surface area (Å²) in [7, 11) is 0. The smallest absolute Gasteiger partial charge is 0.305 e. The molecule has 0 saturated heterocycles. The van der Waals surface area contributed by atoms with Gasteiger partial charge in [0.05, 0.1) is 12.5 Å². The van der Waals surface area contributed by atoms with Gasteiger partial charge in [0.25, 0.3) is 0 Å². The molecule has 0 aromatic carbocycles. The van der Waals surface area contributed by atoms with Gasteiger partial charge in [-0.1, -0.05) is 20.8 Å². The maximum Gasteiger partial charge on any atom is 0.305 e. The maximum absolute atomic E-state index is 10.7. The van der Waals surface area contributed by atoms with Crippen molar-refractivity contribution in [3.63, 3.8) is 0 Å². The third kappa shape index (κ3) is 2.74. The number of carbonyl (C=O) groups is 1. The molecule has 0 amide bonds. The van der Waals surface area contributed by atoms with E-state index in [4.69, 9.17) is 5.11 Å². The van der Waals surface area contributed by atoms with Gasteiger partial charge in [0.15, 0.2) is 5.82 Å². The number of rotatable bonds is 5. The molecule has 0 aliphatic rings. The lowest BCUT2D eigenvalue weighted by Crippen LogP contribution is -2.17. The number of carboxylic acid groups (broad SMARTS) is 1. The summed E-state index contributed by atoms with van der Waals surface area (Å²) in [6, 6.07) is -0.158. The molecule has 6 heteroatoms. The number of aromatic nitrogens is 4. The molecular formula is C9H16N4O2. The van der Waals surface area contributed by atoms with Crippen LogP contribution in [0.1, 0.15) is 51.4 Å². The van der Waals surface area contributed by atoms with Crippen LogP contribution in [0, 0.1) is 0 Å². The minimum Gasteiger partial charge on any atom is -0.481 e. The molecule has 0 saturated carbocycles. The quantitative estimate of drug-likeness (QED) is 0.793. The lowest BCUT2D eigenvalue weighted by molar-refractivity contribution is -0.138. The summed E-state index contributed by atoms with van der Waals surface area (Å²) in [6.07, 6.45) is 0.762. The number of hydrogen-bond donors (Lipinski definition) is 1. The Hall–Kier alpha value is -1.46. The van der Waals surface area contributed by atoms with Crippen LogP contribution < -0.4 is 0 Å².